The van der Waals surface area contributed by atoms with E-state index in [4.69, 9.17) is 0 Å². The molecule has 1 aromatic heterocycles. The van der Waals surface area contributed by atoms with Crippen molar-refractivity contribution in [3.8, 4) is 0 Å². The minimum atomic E-state index is -0.270. The van der Waals surface area contributed by atoms with Crippen molar-refractivity contribution in [2.45, 2.75) is 51.4 Å². The van der Waals surface area contributed by atoms with Crippen molar-refractivity contribution < 1.29 is 4.79 Å². The number of carbonyl (C=O) groups is 1. The van der Waals surface area contributed by atoms with Crippen molar-refractivity contribution in [2.75, 3.05) is 13.1 Å². The zero-order chi connectivity index (χ0) is 14.1. The lowest BCUT2D eigenvalue weighted by Crippen LogP contribution is -2.37. The summed E-state index contributed by atoms with van der Waals surface area (Å²) in [4.78, 5) is 33.8. The molecule has 0 unspecified atom stereocenters. The Kier molecular flexibility index (Phi) is 3.59. The van der Waals surface area contributed by atoms with Crippen LogP contribution in [0.4, 0.5) is 0 Å². The number of carbonyl (C=O) groups excluding carboxylic acids is 1. The first-order valence-corrected chi connectivity index (χ1v) is 7.57. The molecule has 0 radical (unpaired) electrons. The molecule has 1 saturated heterocycles. The van der Waals surface area contributed by atoms with E-state index in [1.807, 2.05) is 4.90 Å². The summed E-state index contributed by atoms with van der Waals surface area (Å²) in [7, 11) is 0. The van der Waals surface area contributed by atoms with Crippen LogP contribution in [0.2, 0.25) is 0 Å². The number of amides is 1. The second-order valence-electron chi connectivity index (χ2n) is 5.89. The van der Waals surface area contributed by atoms with Gasteiger partial charge in [0.15, 0.2) is 0 Å². The summed E-state index contributed by atoms with van der Waals surface area (Å²) in [5.74, 6) is 0.990. The van der Waals surface area contributed by atoms with Crippen LogP contribution in [0.25, 0.3) is 0 Å². The normalized spacial score (nSPS) is 19.8. The second-order valence-corrected chi connectivity index (χ2v) is 5.89. The number of nitrogens with zero attached hydrogens (tertiary/aromatic N) is 2. The Bertz CT molecular complexity index is 567. The zero-order valence-corrected chi connectivity index (χ0v) is 11.9. The van der Waals surface area contributed by atoms with Crippen LogP contribution >= 0.6 is 0 Å². The summed E-state index contributed by atoms with van der Waals surface area (Å²) in [5, 5.41) is 0. The molecule has 2 heterocycles. The van der Waals surface area contributed by atoms with Crippen LogP contribution in [-0.4, -0.2) is 33.9 Å². The molecule has 0 spiro atoms. The standard InChI is InChI=1S/C15H21N3O2/c1-10-12(14(19)17-13(16-10)11-6-7-11)15(20)18-8-4-2-3-5-9-18/h11H,2-9H2,1H3,(H,16,17,19). The topological polar surface area (TPSA) is 66.1 Å². The number of hydrogen-bond donors (Lipinski definition) is 1. The molecular weight excluding hydrogens is 254 g/mol. The number of H-pyrrole nitrogens is 1. The number of aryl methyl sites for hydroxylation is 1. The molecular formula is C15H21N3O2. The van der Waals surface area contributed by atoms with E-state index in [1.54, 1.807) is 6.92 Å². The van der Waals surface area contributed by atoms with Crippen molar-refractivity contribution in [3.63, 3.8) is 0 Å². The molecule has 5 heteroatoms. The third-order valence-electron chi connectivity index (χ3n) is 4.19. The maximum absolute atomic E-state index is 12.6. The predicted molar refractivity (Wildman–Crippen MR) is 75.9 cm³/mol. The van der Waals surface area contributed by atoms with E-state index in [0.29, 0.717) is 11.6 Å². The highest BCUT2D eigenvalue weighted by molar-refractivity contribution is 5.94. The van der Waals surface area contributed by atoms with Crippen molar-refractivity contribution >= 4 is 5.91 Å². The Morgan fingerprint density at radius 1 is 1.20 bits per heavy atom. The van der Waals surface area contributed by atoms with E-state index in [1.165, 1.54) is 0 Å². The number of likely N-dealkylation sites (tertiary alicyclic amines) is 1. The van der Waals surface area contributed by atoms with Gasteiger partial charge in [-0.3, -0.25) is 9.59 Å². The van der Waals surface area contributed by atoms with E-state index in [-0.39, 0.29) is 17.0 Å². The fourth-order valence-corrected chi connectivity index (χ4v) is 2.84. The van der Waals surface area contributed by atoms with Crippen LogP contribution < -0.4 is 5.56 Å². The molecule has 5 nitrogen and oxygen atoms in total. The van der Waals surface area contributed by atoms with E-state index >= 15 is 0 Å². The summed E-state index contributed by atoms with van der Waals surface area (Å²) in [6, 6.07) is 0. The molecule has 0 aromatic carbocycles. The number of aromatic amines is 1. The number of aromatic nitrogens is 2. The molecule has 1 aromatic rings. The molecule has 2 aliphatic rings. The molecule has 20 heavy (non-hydrogen) atoms. The quantitative estimate of drug-likeness (QED) is 0.897. The maximum atomic E-state index is 12.6. The zero-order valence-electron chi connectivity index (χ0n) is 11.9. The molecule has 1 amide bonds. The van der Waals surface area contributed by atoms with E-state index in [2.05, 4.69) is 9.97 Å². The average Bonchev–Trinajstić information content (AvgIpc) is 3.25. The monoisotopic (exact) mass is 275 g/mol. The number of rotatable bonds is 2. The smallest absolute Gasteiger partial charge is 0.264 e. The van der Waals surface area contributed by atoms with Crippen LogP contribution in [0, 0.1) is 6.92 Å². The van der Waals surface area contributed by atoms with Gasteiger partial charge in [-0.1, -0.05) is 12.8 Å². The van der Waals surface area contributed by atoms with Gasteiger partial charge < -0.3 is 9.88 Å². The number of hydrogen-bond acceptors (Lipinski definition) is 3. The molecule has 1 aliphatic heterocycles. The lowest BCUT2D eigenvalue weighted by molar-refractivity contribution is 0.0758. The molecule has 1 aliphatic carbocycles. The molecule has 3 rings (SSSR count). The van der Waals surface area contributed by atoms with Crippen molar-refractivity contribution in [1.29, 1.82) is 0 Å². The molecule has 0 bridgehead atoms. The van der Waals surface area contributed by atoms with Gasteiger partial charge in [-0.15, -0.1) is 0 Å². The Hall–Kier alpha value is -1.65. The lowest BCUT2D eigenvalue weighted by Gasteiger charge is -2.20. The van der Waals surface area contributed by atoms with E-state index in [9.17, 15) is 9.59 Å². The fraction of sp³-hybridized carbons (Fsp3) is 0.667. The van der Waals surface area contributed by atoms with Gasteiger partial charge >= 0.3 is 0 Å². The van der Waals surface area contributed by atoms with Gasteiger partial charge in [-0.2, -0.15) is 0 Å². The Morgan fingerprint density at radius 2 is 1.85 bits per heavy atom. The predicted octanol–water partition coefficient (Wildman–Crippen LogP) is 1.97. The molecule has 0 atom stereocenters. The first-order chi connectivity index (χ1) is 9.66. The van der Waals surface area contributed by atoms with Crippen molar-refractivity contribution in [1.82, 2.24) is 14.9 Å². The van der Waals surface area contributed by atoms with Gasteiger partial charge in [-0.25, -0.2) is 4.98 Å². The maximum Gasteiger partial charge on any atom is 0.264 e. The molecule has 1 N–H and O–H groups in total. The average molecular weight is 275 g/mol. The van der Waals surface area contributed by atoms with Crippen LogP contribution in [0.5, 0.6) is 0 Å². The van der Waals surface area contributed by atoms with E-state index in [0.717, 1.165) is 57.4 Å². The Balaban J connectivity index is 1.88. The summed E-state index contributed by atoms with van der Waals surface area (Å²) >= 11 is 0. The second kappa shape index (κ2) is 5.38. The lowest BCUT2D eigenvalue weighted by atomic mass is 10.2. The highest BCUT2D eigenvalue weighted by Gasteiger charge is 2.29. The molecule has 1 saturated carbocycles. The van der Waals surface area contributed by atoms with Crippen LogP contribution in [0.3, 0.4) is 0 Å². The van der Waals surface area contributed by atoms with Crippen molar-refractivity contribution in [2.24, 2.45) is 0 Å². The first-order valence-electron chi connectivity index (χ1n) is 7.57. The number of nitrogens with one attached hydrogen (secondary N) is 1. The minimum Gasteiger partial charge on any atom is -0.338 e. The van der Waals surface area contributed by atoms with Gasteiger partial charge in [0, 0.05) is 19.0 Å². The van der Waals surface area contributed by atoms with Crippen LogP contribution in [0.1, 0.15) is 66.3 Å². The SMILES string of the molecule is Cc1nc(C2CC2)[nH]c(=O)c1C(=O)N1CCCCCC1. The van der Waals surface area contributed by atoms with Crippen LogP contribution in [0.15, 0.2) is 4.79 Å². The molecule has 108 valence electrons. The van der Waals surface area contributed by atoms with Gasteiger partial charge in [0.1, 0.15) is 11.4 Å². The van der Waals surface area contributed by atoms with Gasteiger partial charge in [0.25, 0.3) is 11.5 Å². The van der Waals surface area contributed by atoms with Crippen molar-refractivity contribution in [3.05, 3.63) is 27.4 Å². The van der Waals surface area contributed by atoms with Gasteiger partial charge in [0.05, 0.1) is 5.69 Å². The van der Waals surface area contributed by atoms with E-state index < -0.39 is 0 Å². The summed E-state index contributed by atoms with van der Waals surface area (Å²) in [6.45, 7) is 3.27. The highest BCUT2D eigenvalue weighted by atomic mass is 16.2. The van der Waals surface area contributed by atoms with Crippen LogP contribution in [-0.2, 0) is 0 Å². The minimum absolute atomic E-state index is 0.152. The summed E-state index contributed by atoms with van der Waals surface area (Å²) in [5.41, 5.74) is 0.537. The Morgan fingerprint density at radius 3 is 2.40 bits per heavy atom. The summed E-state index contributed by atoms with van der Waals surface area (Å²) in [6.07, 6.45) is 6.55. The fourth-order valence-electron chi connectivity index (χ4n) is 2.84. The Labute approximate surface area is 118 Å². The third-order valence-corrected chi connectivity index (χ3v) is 4.19. The van der Waals surface area contributed by atoms with Gasteiger partial charge in [0.2, 0.25) is 0 Å². The largest absolute Gasteiger partial charge is 0.338 e. The highest BCUT2D eigenvalue weighted by Crippen LogP contribution is 2.37. The third kappa shape index (κ3) is 2.62. The van der Waals surface area contributed by atoms with Gasteiger partial charge in [-0.05, 0) is 32.6 Å². The molecule has 2 fully saturated rings. The summed E-state index contributed by atoms with van der Waals surface area (Å²) < 4.78 is 0. The first kappa shape index (κ1) is 13.3.